The number of hydrogen-bond acceptors (Lipinski definition) is 4. The topological polar surface area (TPSA) is 64.3 Å². The molecule has 1 aliphatic carbocycles. The van der Waals surface area contributed by atoms with Crippen molar-refractivity contribution in [1.82, 2.24) is 5.32 Å². The van der Waals surface area contributed by atoms with E-state index in [2.05, 4.69) is 16.8 Å². The minimum atomic E-state index is -0.0532. The fourth-order valence-electron chi connectivity index (χ4n) is 2.12. The smallest absolute Gasteiger partial charge is 0.246 e. The molecule has 17 heavy (non-hydrogen) atoms. The summed E-state index contributed by atoms with van der Waals surface area (Å²) < 4.78 is 5.12. The van der Waals surface area contributed by atoms with E-state index in [1.807, 2.05) is 0 Å². The van der Waals surface area contributed by atoms with Crippen molar-refractivity contribution in [3.8, 4) is 0 Å². The van der Waals surface area contributed by atoms with Gasteiger partial charge in [0.2, 0.25) is 5.91 Å². The average molecular weight is 254 g/mol. The highest BCUT2D eigenvalue weighted by molar-refractivity contribution is 7.10. The van der Waals surface area contributed by atoms with Crippen molar-refractivity contribution in [2.75, 3.05) is 19.8 Å². The number of hydrogen-bond donors (Lipinski definition) is 2. The molecule has 1 heterocycles. The van der Waals surface area contributed by atoms with Crippen molar-refractivity contribution in [2.45, 2.75) is 25.3 Å². The van der Waals surface area contributed by atoms with Crippen LogP contribution in [0.1, 0.15) is 29.3 Å². The van der Waals surface area contributed by atoms with Gasteiger partial charge in [0.1, 0.15) is 6.61 Å². The second-order valence-corrected chi connectivity index (χ2v) is 5.15. The van der Waals surface area contributed by atoms with Crippen molar-refractivity contribution in [3.63, 3.8) is 0 Å². The Bertz CT molecular complexity index is 378. The van der Waals surface area contributed by atoms with E-state index in [1.165, 1.54) is 10.4 Å². The summed E-state index contributed by atoms with van der Waals surface area (Å²) >= 11 is 1.78. The number of fused-ring (bicyclic) bond motifs is 1. The van der Waals surface area contributed by atoms with Gasteiger partial charge < -0.3 is 15.8 Å². The first-order valence-electron chi connectivity index (χ1n) is 5.94. The normalized spacial score (nSPS) is 18.8. The third-order valence-electron chi connectivity index (χ3n) is 2.88. The summed E-state index contributed by atoms with van der Waals surface area (Å²) in [5.41, 5.74) is 6.58. The minimum absolute atomic E-state index is 0.0532. The van der Waals surface area contributed by atoms with E-state index in [-0.39, 0.29) is 18.6 Å². The summed E-state index contributed by atoms with van der Waals surface area (Å²) in [4.78, 5) is 13.1. The van der Waals surface area contributed by atoms with Crippen LogP contribution in [-0.2, 0) is 16.0 Å². The Morgan fingerprint density at radius 1 is 1.65 bits per heavy atom. The van der Waals surface area contributed by atoms with Gasteiger partial charge in [-0.1, -0.05) is 0 Å². The number of ether oxygens (including phenoxy) is 1. The molecule has 0 spiro atoms. The molecule has 94 valence electrons. The van der Waals surface area contributed by atoms with Gasteiger partial charge in [0, 0.05) is 11.4 Å². The molecule has 1 atom stereocenters. The number of carbonyl (C=O) groups is 1. The molecule has 5 heteroatoms. The molecule has 0 aromatic carbocycles. The zero-order valence-corrected chi connectivity index (χ0v) is 10.6. The molecular weight excluding hydrogens is 236 g/mol. The van der Waals surface area contributed by atoms with Gasteiger partial charge in [0.15, 0.2) is 0 Å². The largest absolute Gasteiger partial charge is 0.370 e. The maximum atomic E-state index is 11.6. The lowest BCUT2D eigenvalue weighted by Crippen LogP contribution is -2.33. The van der Waals surface area contributed by atoms with Crippen LogP contribution in [0.15, 0.2) is 11.4 Å². The van der Waals surface area contributed by atoms with E-state index < -0.39 is 0 Å². The molecule has 0 radical (unpaired) electrons. The van der Waals surface area contributed by atoms with E-state index in [0.717, 1.165) is 19.3 Å². The number of carbonyl (C=O) groups excluding carboxylic acids is 1. The Morgan fingerprint density at radius 2 is 2.53 bits per heavy atom. The first kappa shape index (κ1) is 12.5. The molecule has 1 aromatic heterocycles. The number of rotatable bonds is 5. The molecule has 0 saturated carbocycles. The first-order valence-corrected chi connectivity index (χ1v) is 6.82. The molecule has 0 aliphatic heterocycles. The highest BCUT2D eigenvalue weighted by Crippen LogP contribution is 2.33. The van der Waals surface area contributed by atoms with Crippen LogP contribution >= 0.6 is 11.3 Å². The summed E-state index contributed by atoms with van der Waals surface area (Å²) in [5.74, 6) is -0.0532. The summed E-state index contributed by atoms with van der Waals surface area (Å²) in [7, 11) is 0. The van der Waals surface area contributed by atoms with Crippen LogP contribution in [0.2, 0.25) is 0 Å². The Hall–Kier alpha value is -0.910. The number of amides is 1. The van der Waals surface area contributed by atoms with Gasteiger partial charge in [-0.05, 0) is 36.3 Å². The van der Waals surface area contributed by atoms with Gasteiger partial charge in [-0.15, -0.1) is 11.3 Å². The lowest BCUT2D eigenvalue weighted by atomic mass is 9.94. The third kappa shape index (κ3) is 3.28. The van der Waals surface area contributed by atoms with E-state index >= 15 is 0 Å². The third-order valence-corrected chi connectivity index (χ3v) is 3.88. The monoisotopic (exact) mass is 254 g/mol. The molecule has 0 fully saturated rings. The second-order valence-electron chi connectivity index (χ2n) is 4.15. The number of nitrogens with one attached hydrogen (secondary N) is 1. The Morgan fingerprint density at radius 3 is 3.35 bits per heavy atom. The SMILES string of the molecule is NCCOCC(=O)NC1CCCc2sccc21. The van der Waals surface area contributed by atoms with Crippen molar-refractivity contribution < 1.29 is 9.53 Å². The van der Waals surface area contributed by atoms with Crippen molar-refractivity contribution >= 4 is 17.2 Å². The first-order chi connectivity index (χ1) is 8.31. The van der Waals surface area contributed by atoms with Crippen LogP contribution in [0.4, 0.5) is 0 Å². The molecule has 1 unspecified atom stereocenters. The molecular formula is C12H18N2O2S. The van der Waals surface area contributed by atoms with Crippen LogP contribution in [0.5, 0.6) is 0 Å². The number of aryl methyl sites for hydroxylation is 1. The van der Waals surface area contributed by atoms with Crippen LogP contribution in [0.3, 0.4) is 0 Å². The van der Waals surface area contributed by atoms with Crippen molar-refractivity contribution in [1.29, 1.82) is 0 Å². The quantitative estimate of drug-likeness (QED) is 0.776. The van der Waals surface area contributed by atoms with Gasteiger partial charge >= 0.3 is 0 Å². The van der Waals surface area contributed by atoms with Crippen LogP contribution in [0.25, 0.3) is 0 Å². The van der Waals surface area contributed by atoms with Gasteiger partial charge in [0.25, 0.3) is 0 Å². The average Bonchev–Trinajstić information content (AvgIpc) is 2.78. The fourth-order valence-corrected chi connectivity index (χ4v) is 3.11. The molecule has 4 nitrogen and oxygen atoms in total. The Labute approximate surface area is 105 Å². The zero-order chi connectivity index (χ0) is 12.1. The van der Waals surface area contributed by atoms with Gasteiger partial charge in [-0.25, -0.2) is 0 Å². The predicted octanol–water partition coefficient (Wildman–Crippen LogP) is 1.22. The molecule has 3 N–H and O–H groups in total. The summed E-state index contributed by atoms with van der Waals surface area (Å²) in [6, 6.07) is 2.28. The van der Waals surface area contributed by atoms with E-state index in [1.54, 1.807) is 11.3 Å². The Kier molecular flexibility index (Phi) is 4.53. The summed E-state index contributed by atoms with van der Waals surface area (Å²) in [6.07, 6.45) is 3.30. The maximum Gasteiger partial charge on any atom is 0.246 e. The fraction of sp³-hybridized carbons (Fsp3) is 0.583. The highest BCUT2D eigenvalue weighted by Gasteiger charge is 2.22. The van der Waals surface area contributed by atoms with E-state index in [4.69, 9.17) is 10.5 Å². The van der Waals surface area contributed by atoms with E-state index in [0.29, 0.717) is 13.2 Å². The molecule has 1 aliphatic rings. The Balaban J connectivity index is 1.86. The van der Waals surface area contributed by atoms with Gasteiger partial charge in [-0.3, -0.25) is 4.79 Å². The van der Waals surface area contributed by atoms with Gasteiger partial charge in [-0.2, -0.15) is 0 Å². The van der Waals surface area contributed by atoms with Gasteiger partial charge in [0.05, 0.1) is 12.6 Å². The predicted molar refractivity (Wildman–Crippen MR) is 68.0 cm³/mol. The summed E-state index contributed by atoms with van der Waals surface area (Å²) in [6.45, 7) is 0.986. The number of nitrogens with two attached hydrogens (primary N) is 1. The van der Waals surface area contributed by atoms with Crippen LogP contribution < -0.4 is 11.1 Å². The van der Waals surface area contributed by atoms with Crippen LogP contribution in [0, 0.1) is 0 Å². The minimum Gasteiger partial charge on any atom is -0.370 e. The lowest BCUT2D eigenvalue weighted by Gasteiger charge is -2.23. The zero-order valence-electron chi connectivity index (χ0n) is 9.78. The molecule has 1 amide bonds. The summed E-state index contributed by atoms with van der Waals surface area (Å²) in [5, 5.41) is 5.12. The van der Waals surface area contributed by atoms with Crippen molar-refractivity contribution in [2.24, 2.45) is 5.73 Å². The van der Waals surface area contributed by atoms with E-state index in [9.17, 15) is 4.79 Å². The molecule has 0 bridgehead atoms. The molecule has 2 rings (SSSR count). The number of thiophene rings is 1. The van der Waals surface area contributed by atoms with Crippen LogP contribution in [-0.4, -0.2) is 25.7 Å². The molecule has 1 aromatic rings. The second kappa shape index (κ2) is 6.14. The van der Waals surface area contributed by atoms with Crippen molar-refractivity contribution in [3.05, 3.63) is 21.9 Å². The lowest BCUT2D eigenvalue weighted by molar-refractivity contribution is -0.126. The standard InChI is InChI=1S/C12H18N2O2S/c13-5-6-16-8-12(15)14-10-2-1-3-11-9(10)4-7-17-11/h4,7,10H,1-3,5-6,8,13H2,(H,14,15). The molecule has 0 saturated heterocycles. The maximum absolute atomic E-state index is 11.6. The highest BCUT2D eigenvalue weighted by atomic mass is 32.1.